The average Bonchev–Trinajstić information content (AvgIpc) is 3.57. The van der Waals surface area contributed by atoms with Gasteiger partial charge >= 0.3 is 15.1 Å². The molecule has 0 saturated carbocycles. The molecule has 15 heteroatoms. The number of aromatic amines is 1. The summed E-state index contributed by atoms with van der Waals surface area (Å²) in [6.45, 7) is 0.581. The number of rotatable bonds is 14. The molecule has 0 aliphatic carbocycles. The first-order chi connectivity index (χ1) is 18.7. The monoisotopic (exact) mass is 613 g/mol. The molecule has 0 spiro atoms. The Morgan fingerprint density at radius 3 is 2.49 bits per heavy atom. The number of alkyl halides is 2. The van der Waals surface area contributed by atoms with Crippen molar-refractivity contribution in [2.45, 2.75) is 17.6 Å². The van der Waals surface area contributed by atoms with E-state index >= 15 is 0 Å². The fourth-order valence-corrected chi connectivity index (χ4v) is 7.19. The molecule has 0 amide bonds. The van der Waals surface area contributed by atoms with Gasteiger partial charge in [0.2, 0.25) is 0 Å². The quantitative estimate of drug-likeness (QED) is 0.0909. The van der Waals surface area contributed by atoms with Gasteiger partial charge in [-0.15, -0.1) is 28.3 Å². The Labute approximate surface area is 238 Å². The summed E-state index contributed by atoms with van der Waals surface area (Å²) in [7, 11) is -4.56. The zero-order valence-electron chi connectivity index (χ0n) is 20.5. The van der Waals surface area contributed by atoms with E-state index in [1.807, 2.05) is 4.90 Å². The third-order valence-corrected chi connectivity index (χ3v) is 9.53. The lowest BCUT2D eigenvalue weighted by Crippen LogP contribution is -2.42. The minimum atomic E-state index is -4.56. The highest BCUT2D eigenvalue weighted by Gasteiger charge is 2.49. The maximum absolute atomic E-state index is 14.1. The number of aromatic nitrogens is 3. The zero-order chi connectivity index (χ0) is 28.0. The standard InChI is InChI=1S/C24H25Cl2N5O6S2/c25-9-11-30(12-10-26)19-2-4-20(5-3-19)37-39(35,36)24(8-13-32,16-17-7-14-38-23(17)31(33)34)18-1-6-21-22(15-18)28-29-27-21/h1-7,14-15,32H,8-13,16H2,(H,27,28,29). The van der Waals surface area contributed by atoms with Crippen LogP contribution in [0, 0.1) is 10.1 Å². The fourth-order valence-electron chi connectivity index (χ4n) is 4.43. The van der Waals surface area contributed by atoms with Crippen LogP contribution in [-0.2, 0) is 21.3 Å². The van der Waals surface area contributed by atoms with Gasteiger partial charge in [-0.05, 0) is 59.8 Å². The predicted octanol–water partition coefficient (Wildman–Crippen LogP) is 4.44. The number of hydrogen-bond acceptors (Lipinski definition) is 10. The Bertz CT molecular complexity index is 1520. The third kappa shape index (κ3) is 6.12. The van der Waals surface area contributed by atoms with E-state index in [-0.39, 0.29) is 34.7 Å². The fraction of sp³-hybridized carbons (Fsp3) is 0.333. The number of nitrogens with one attached hydrogen (secondary N) is 1. The first-order valence-electron chi connectivity index (χ1n) is 11.8. The smallest absolute Gasteiger partial charge is 0.327 e. The van der Waals surface area contributed by atoms with Crippen LogP contribution in [-0.4, -0.2) is 65.3 Å². The molecule has 4 rings (SSSR count). The van der Waals surface area contributed by atoms with Gasteiger partial charge in [0.05, 0.1) is 10.4 Å². The van der Waals surface area contributed by atoms with Gasteiger partial charge in [-0.3, -0.25) is 15.2 Å². The maximum Gasteiger partial charge on any atom is 0.327 e. The molecule has 1 unspecified atom stereocenters. The number of H-pyrrole nitrogens is 1. The number of nitro groups is 1. The van der Waals surface area contributed by atoms with Crippen LogP contribution in [0.3, 0.4) is 0 Å². The van der Waals surface area contributed by atoms with E-state index in [4.69, 9.17) is 27.4 Å². The van der Waals surface area contributed by atoms with E-state index in [0.29, 0.717) is 35.9 Å². The molecule has 2 N–H and O–H groups in total. The number of aliphatic hydroxyl groups excluding tert-OH is 1. The molecule has 4 aromatic rings. The highest BCUT2D eigenvalue weighted by molar-refractivity contribution is 7.88. The minimum absolute atomic E-state index is 0.0434. The number of thiophene rings is 1. The normalized spacial score (nSPS) is 13.3. The van der Waals surface area contributed by atoms with E-state index in [9.17, 15) is 23.6 Å². The summed E-state index contributed by atoms with van der Waals surface area (Å²) < 4.78 is 32.0. The molecule has 0 aliphatic rings. The SMILES string of the molecule is O=[N+]([O-])c1sccc1CC(CCO)(c1ccc2nn[nH]c2c1)S(=O)(=O)Oc1ccc(N(CCCl)CCCl)cc1. The molecule has 0 saturated heterocycles. The van der Waals surface area contributed by atoms with Crippen molar-refractivity contribution in [3.05, 3.63) is 75.2 Å². The average molecular weight is 615 g/mol. The van der Waals surface area contributed by atoms with Crippen LogP contribution in [0.25, 0.3) is 11.0 Å². The number of aliphatic hydroxyl groups is 1. The van der Waals surface area contributed by atoms with Crippen LogP contribution < -0.4 is 9.08 Å². The molecule has 0 radical (unpaired) electrons. The van der Waals surface area contributed by atoms with Crippen molar-refractivity contribution in [3.63, 3.8) is 0 Å². The molecule has 0 bridgehead atoms. The lowest BCUT2D eigenvalue weighted by Gasteiger charge is -2.32. The van der Waals surface area contributed by atoms with Crippen LogP contribution in [0.5, 0.6) is 5.75 Å². The van der Waals surface area contributed by atoms with Crippen LogP contribution >= 0.6 is 34.5 Å². The Hall–Kier alpha value is -2.97. The first kappa shape index (κ1) is 29.0. The van der Waals surface area contributed by atoms with Crippen LogP contribution in [0.15, 0.2) is 53.9 Å². The Morgan fingerprint density at radius 1 is 1.13 bits per heavy atom. The van der Waals surface area contributed by atoms with E-state index in [2.05, 4.69) is 15.4 Å². The second-order valence-corrected chi connectivity index (χ2v) is 12.1. The summed E-state index contributed by atoms with van der Waals surface area (Å²) in [5.74, 6) is 0.817. The maximum atomic E-state index is 14.1. The zero-order valence-corrected chi connectivity index (χ0v) is 23.6. The summed E-state index contributed by atoms with van der Waals surface area (Å²) in [5.41, 5.74) is 2.23. The number of hydrogen-bond donors (Lipinski definition) is 2. The predicted molar refractivity (Wildman–Crippen MR) is 152 cm³/mol. The number of fused-ring (bicyclic) bond motifs is 1. The van der Waals surface area contributed by atoms with Crippen molar-refractivity contribution in [1.82, 2.24) is 15.4 Å². The third-order valence-electron chi connectivity index (χ3n) is 6.33. The van der Waals surface area contributed by atoms with Gasteiger partial charge in [0, 0.05) is 49.1 Å². The summed E-state index contributed by atoms with van der Waals surface area (Å²) in [6, 6.07) is 12.6. The molecule has 11 nitrogen and oxygen atoms in total. The first-order valence-corrected chi connectivity index (χ1v) is 15.1. The van der Waals surface area contributed by atoms with Crippen molar-refractivity contribution < 1.29 is 22.6 Å². The van der Waals surface area contributed by atoms with Crippen LogP contribution in [0.4, 0.5) is 10.7 Å². The second-order valence-electron chi connectivity index (χ2n) is 8.59. The molecule has 1 atom stereocenters. The molecule has 0 fully saturated rings. The van der Waals surface area contributed by atoms with Crippen LogP contribution in [0.2, 0.25) is 0 Å². The Balaban J connectivity index is 1.79. The minimum Gasteiger partial charge on any atom is -0.396 e. The van der Waals surface area contributed by atoms with Crippen molar-refractivity contribution >= 4 is 66.4 Å². The molecule has 2 aromatic heterocycles. The lowest BCUT2D eigenvalue weighted by atomic mass is 9.88. The van der Waals surface area contributed by atoms with Gasteiger partial charge in [0.25, 0.3) is 0 Å². The molecule has 2 aromatic carbocycles. The highest BCUT2D eigenvalue weighted by atomic mass is 35.5. The highest BCUT2D eigenvalue weighted by Crippen LogP contribution is 2.43. The van der Waals surface area contributed by atoms with Gasteiger partial charge in [0.15, 0.2) is 0 Å². The Morgan fingerprint density at radius 2 is 1.85 bits per heavy atom. The number of anilines is 1. The largest absolute Gasteiger partial charge is 0.396 e. The van der Waals surface area contributed by atoms with Gasteiger partial charge < -0.3 is 14.2 Å². The van der Waals surface area contributed by atoms with Gasteiger partial charge in [0.1, 0.15) is 16.0 Å². The second kappa shape index (κ2) is 12.5. The number of halogens is 2. The topological polar surface area (TPSA) is 152 Å². The summed E-state index contributed by atoms with van der Waals surface area (Å²) in [5, 5.41) is 33.5. The summed E-state index contributed by atoms with van der Waals surface area (Å²) >= 11 is 12.7. The van der Waals surface area contributed by atoms with Gasteiger partial charge in [-0.2, -0.15) is 8.42 Å². The van der Waals surface area contributed by atoms with Crippen molar-refractivity contribution in [2.24, 2.45) is 0 Å². The van der Waals surface area contributed by atoms with E-state index in [1.165, 1.54) is 23.6 Å². The van der Waals surface area contributed by atoms with Crippen molar-refractivity contribution in [3.8, 4) is 5.75 Å². The number of nitrogens with zero attached hydrogens (tertiary/aromatic N) is 4. The molecule has 208 valence electrons. The summed E-state index contributed by atoms with van der Waals surface area (Å²) in [4.78, 5) is 13.1. The number of benzene rings is 2. The summed E-state index contributed by atoms with van der Waals surface area (Å²) in [6.07, 6.45) is -0.590. The molecule has 0 aliphatic heterocycles. The van der Waals surface area contributed by atoms with Crippen LogP contribution in [0.1, 0.15) is 17.5 Å². The van der Waals surface area contributed by atoms with E-state index in [1.54, 1.807) is 30.3 Å². The van der Waals surface area contributed by atoms with Gasteiger partial charge in [-0.1, -0.05) is 22.6 Å². The molecular weight excluding hydrogens is 589 g/mol. The van der Waals surface area contributed by atoms with E-state index in [0.717, 1.165) is 17.0 Å². The molecular formula is C24H25Cl2N5O6S2. The van der Waals surface area contributed by atoms with Gasteiger partial charge in [-0.25, -0.2) is 0 Å². The van der Waals surface area contributed by atoms with Crippen molar-refractivity contribution in [1.29, 1.82) is 0 Å². The van der Waals surface area contributed by atoms with Crippen molar-refractivity contribution in [2.75, 3.05) is 36.4 Å². The Kier molecular flexibility index (Phi) is 9.28. The lowest BCUT2D eigenvalue weighted by molar-refractivity contribution is -0.380. The van der Waals surface area contributed by atoms with E-state index < -0.39 is 26.4 Å². The molecule has 39 heavy (non-hydrogen) atoms. The molecule has 2 heterocycles.